The average molecular weight is 452 g/mol. The van der Waals surface area contributed by atoms with Gasteiger partial charge in [0.15, 0.2) is 17.2 Å². The third kappa shape index (κ3) is 3.88. The first-order valence-electron chi connectivity index (χ1n) is 10.9. The number of ketones is 1. The van der Waals surface area contributed by atoms with Gasteiger partial charge in [0, 0.05) is 42.7 Å². The van der Waals surface area contributed by atoms with E-state index in [1.807, 2.05) is 13.0 Å². The molecule has 0 aliphatic carbocycles. The van der Waals surface area contributed by atoms with Crippen molar-refractivity contribution in [3.63, 3.8) is 0 Å². The van der Waals surface area contributed by atoms with Crippen LogP contribution in [-0.2, 0) is 12.0 Å². The monoisotopic (exact) mass is 451 g/mol. The second-order valence-corrected chi connectivity index (χ2v) is 8.81. The maximum absolute atomic E-state index is 13.3. The van der Waals surface area contributed by atoms with Crippen LogP contribution in [0.15, 0.2) is 18.2 Å². The molecular formula is C24H29N5O4. The summed E-state index contributed by atoms with van der Waals surface area (Å²) in [5.74, 6) is 0.785. The van der Waals surface area contributed by atoms with Gasteiger partial charge < -0.3 is 25.0 Å². The number of ether oxygens (including phenoxy) is 2. The number of benzene rings is 1. The molecule has 4 rings (SSSR count). The Morgan fingerprint density at radius 1 is 1.27 bits per heavy atom. The van der Waals surface area contributed by atoms with Crippen molar-refractivity contribution in [1.29, 1.82) is 5.41 Å². The first kappa shape index (κ1) is 22.6. The quantitative estimate of drug-likeness (QED) is 0.554. The summed E-state index contributed by atoms with van der Waals surface area (Å²) in [6.07, 6.45) is 0. The lowest BCUT2D eigenvalue weighted by Crippen LogP contribution is -2.31. The van der Waals surface area contributed by atoms with E-state index in [9.17, 15) is 9.59 Å². The van der Waals surface area contributed by atoms with Crippen molar-refractivity contribution in [2.45, 2.75) is 32.7 Å². The van der Waals surface area contributed by atoms with Crippen molar-refractivity contribution in [2.75, 3.05) is 39.2 Å². The van der Waals surface area contributed by atoms with Gasteiger partial charge in [0.05, 0.1) is 25.4 Å². The Labute approximate surface area is 193 Å². The molecule has 0 fully saturated rings. The standard InChI is InChI=1S/C24H29N5O4/c1-6-32-18-9-14-10-29(22(25)19(14)28-20(18)23(31)27-5)11-17(30)13-7-15-21(16(8-13)26-4)33-12-24(15,2)3/h7-9,25-26H,6,10-12H2,1-5H3,(H,27,31). The molecule has 0 saturated heterocycles. The minimum Gasteiger partial charge on any atom is -0.491 e. The molecule has 9 nitrogen and oxygen atoms in total. The molecule has 2 aromatic rings. The normalized spacial score (nSPS) is 15.5. The summed E-state index contributed by atoms with van der Waals surface area (Å²) >= 11 is 0. The number of aromatic nitrogens is 1. The molecule has 0 unspecified atom stereocenters. The van der Waals surface area contributed by atoms with E-state index in [0.29, 0.717) is 36.8 Å². The number of nitrogens with one attached hydrogen (secondary N) is 3. The zero-order valence-corrected chi connectivity index (χ0v) is 19.6. The molecule has 9 heteroatoms. The topological polar surface area (TPSA) is 117 Å². The van der Waals surface area contributed by atoms with Gasteiger partial charge in [-0.2, -0.15) is 0 Å². The van der Waals surface area contributed by atoms with Crippen LogP contribution in [0, 0.1) is 5.41 Å². The molecule has 1 amide bonds. The molecule has 0 atom stereocenters. The second-order valence-electron chi connectivity index (χ2n) is 8.81. The van der Waals surface area contributed by atoms with Crippen LogP contribution in [0.3, 0.4) is 0 Å². The maximum Gasteiger partial charge on any atom is 0.273 e. The zero-order valence-electron chi connectivity index (χ0n) is 19.6. The molecule has 33 heavy (non-hydrogen) atoms. The Morgan fingerprint density at radius 2 is 2.03 bits per heavy atom. The highest BCUT2D eigenvalue weighted by molar-refractivity contribution is 6.06. The minimum atomic E-state index is -0.383. The van der Waals surface area contributed by atoms with Gasteiger partial charge in [-0.05, 0) is 25.1 Å². The number of carbonyl (C=O) groups is 2. The number of pyridine rings is 1. The first-order chi connectivity index (χ1) is 15.7. The molecule has 0 radical (unpaired) electrons. The molecule has 0 spiro atoms. The van der Waals surface area contributed by atoms with E-state index in [2.05, 4.69) is 29.5 Å². The summed E-state index contributed by atoms with van der Waals surface area (Å²) in [4.78, 5) is 31.6. The minimum absolute atomic E-state index is 0.0255. The number of hydrogen-bond donors (Lipinski definition) is 3. The molecule has 0 saturated carbocycles. The fraction of sp³-hybridized carbons (Fsp3) is 0.417. The van der Waals surface area contributed by atoms with Crippen molar-refractivity contribution in [3.05, 3.63) is 46.3 Å². The molecule has 3 heterocycles. The van der Waals surface area contributed by atoms with Crippen LogP contribution in [0.5, 0.6) is 11.5 Å². The van der Waals surface area contributed by atoms with Crippen molar-refractivity contribution < 1.29 is 19.1 Å². The van der Waals surface area contributed by atoms with Gasteiger partial charge in [0.25, 0.3) is 5.91 Å². The summed E-state index contributed by atoms with van der Waals surface area (Å²) < 4.78 is 11.5. The van der Waals surface area contributed by atoms with Gasteiger partial charge >= 0.3 is 0 Å². The smallest absolute Gasteiger partial charge is 0.273 e. The van der Waals surface area contributed by atoms with Crippen LogP contribution in [0.1, 0.15) is 58.4 Å². The lowest BCUT2D eigenvalue weighted by molar-refractivity contribution is 0.0949. The Bertz CT molecular complexity index is 1160. The summed E-state index contributed by atoms with van der Waals surface area (Å²) in [6.45, 7) is 7.32. The third-order valence-corrected chi connectivity index (χ3v) is 6.03. The SMILES string of the molecule is CCOc1cc2c(nc1C(=O)NC)C(=N)N(CC(=O)c1cc(NC)c3c(c1)C(C)(C)CO3)C2. The number of anilines is 1. The summed E-state index contributed by atoms with van der Waals surface area (Å²) in [6, 6.07) is 5.43. The number of fused-ring (bicyclic) bond motifs is 2. The van der Waals surface area contributed by atoms with E-state index >= 15 is 0 Å². The predicted octanol–water partition coefficient (Wildman–Crippen LogP) is 2.58. The van der Waals surface area contributed by atoms with Crippen LogP contribution in [0.4, 0.5) is 5.69 Å². The first-order valence-corrected chi connectivity index (χ1v) is 10.9. The van der Waals surface area contributed by atoms with Crippen LogP contribution in [0.2, 0.25) is 0 Å². The van der Waals surface area contributed by atoms with E-state index < -0.39 is 0 Å². The Balaban J connectivity index is 1.61. The van der Waals surface area contributed by atoms with E-state index in [0.717, 1.165) is 22.6 Å². The molecular weight excluding hydrogens is 422 g/mol. The summed E-state index contributed by atoms with van der Waals surface area (Å²) in [7, 11) is 3.32. The average Bonchev–Trinajstić information content (AvgIpc) is 3.27. The van der Waals surface area contributed by atoms with Gasteiger partial charge in [0.2, 0.25) is 0 Å². The Kier molecular flexibility index (Phi) is 5.73. The molecule has 0 bridgehead atoms. The van der Waals surface area contributed by atoms with Gasteiger partial charge in [0.1, 0.15) is 17.3 Å². The Hall–Kier alpha value is -3.62. The lowest BCUT2D eigenvalue weighted by atomic mass is 9.85. The van der Waals surface area contributed by atoms with Crippen LogP contribution < -0.4 is 20.1 Å². The lowest BCUT2D eigenvalue weighted by Gasteiger charge is -2.19. The van der Waals surface area contributed by atoms with E-state index in [1.165, 1.54) is 7.05 Å². The van der Waals surface area contributed by atoms with Crippen molar-refractivity contribution in [2.24, 2.45) is 0 Å². The van der Waals surface area contributed by atoms with Crippen molar-refractivity contribution in [3.8, 4) is 11.5 Å². The van der Waals surface area contributed by atoms with Gasteiger partial charge in [-0.25, -0.2) is 4.98 Å². The molecule has 1 aromatic carbocycles. The van der Waals surface area contributed by atoms with Gasteiger partial charge in [-0.3, -0.25) is 15.0 Å². The predicted molar refractivity (Wildman–Crippen MR) is 125 cm³/mol. The number of amidine groups is 1. The van der Waals surface area contributed by atoms with Gasteiger partial charge in [-0.15, -0.1) is 0 Å². The highest BCUT2D eigenvalue weighted by Crippen LogP contribution is 2.44. The number of nitrogens with zero attached hydrogens (tertiary/aromatic N) is 2. The number of rotatable bonds is 7. The van der Waals surface area contributed by atoms with Crippen LogP contribution in [-0.4, -0.2) is 61.3 Å². The van der Waals surface area contributed by atoms with Crippen molar-refractivity contribution in [1.82, 2.24) is 15.2 Å². The van der Waals surface area contributed by atoms with Crippen LogP contribution >= 0.6 is 0 Å². The zero-order chi connectivity index (χ0) is 23.9. The van der Waals surface area contributed by atoms with Crippen molar-refractivity contribution >= 4 is 23.2 Å². The third-order valence-electron chi connectivity index (χ3n) is 6.03. The summed E-state index contributed by atoms with van der Waals surface area (Å²) in [5.41, 5.74) is 3.43. The fourth-order valence-electron chi connectivity index (χ4n) is 4.20. The van der Waals surface area contributed by atoms with Gasteiger partial charge in [-0.1, -0.05) is 13.8 Å². The number of hydrogen-bond acceptors (Lipinski definition) is 7. The molecule has 174 valence electrons. The number of amides is 1. The highest BCUT2D eigenvalue weighted by Gasteiger charge is 2.35. The molecule has 1 aromatic heterocycles. The van der Waals surface area contributed by atoms with E-state index in [4.69, 9.17) is 14.9 Å². The number of carbonyl (C=O) groups excluding carboxylic acids is 2. The fourth-order valence-corrected chi connectivity index (χ4v) is 4.20. The number of Topliss-reactive ketones (excluding diaryl/α,β-unsaturated/α-hetero) is 1. The van der Waals surface area contributed by atoms with Crippen LogP contribution in [0.25, 0.3) is 0 Å². The van der Waals surface area contributed by atoms with E-state index in [1.54, 1.807) is 24.1 Å². The molecule has 2 aliphatic rings. The largest absolute Gasteiger partial charge is 0.491 e. The molecule has 2 aliphatic heterocycles. The maximum atomic E-state index is 13.3. The van der Waals surface area contributed by atoms with E-state index in [-0.39, 0.29) is 35.2 Å². The Morgan fingerprint density at radius 3 is 2.70 bits per heavy atom. The molecule has 3 N–H and O–H groups in total. The highest BCUT2D eigenvalue weighted by atomic mass is 16.5. The second kappa shape index (κ2) is 8.38. The summed E-state index contributed by atoms with van der Waals surface area (Å²) in [5, 5.41) is 14.3.